The summed E-state index contributed by atoms with van der Waals surface area (Å²) in [6.07, 6.45) is 0. The molecule has 2 amide bonds. The zero-order chi connectivity index (χ0) is 25.0. The van der Waals surface area contributed by atoms with Gasteiger partial charge in [-0.15, -0.1) is 0 Å². The Kier molecular flexibility index (Phi) is 3.83. The van der Waals surface area contributed by atoms with Crippen molar-refractivity contribution in [2.45, 2.75) is 11.8 Å². The summed E-state index contributed by atoms with van der Waals surface area (Å²) in [6, 6.07) is 25.7. The third kappa shape index (κ3) is 2.38. The summed E-state index contributed by atoms with van der Waals surface area (Å²) in [5, 5.41) is 4.20. The molecule has 0 radical (unpaired) electrons. The second kappa shape index (κ2) is 6.60. The molecular weight excluding hydrogens is 472 g/mol. The summed E-state index contributed by atoms with van der Waals surface area (Å²) in [6.45, 7) is 0. The molecule has 6 aromatic rings. The Morgan fingerprint density at radius 1 is 0.556 bits per heavy atom. The Balaban J connectivity index is 1.41. The lowest BCUT2D eigenvalue weighted by Crippen LogP contribution is -2.43. The predicted molar refractivity (Wildman–Crippen MR) is 129 cm³/mol. The first-order chi connectivity index (χ1) is 17.2. The highest BCUT2D eigenvalue weighted by Crippen LogP contribution is 2.45. The molecule has 176 valence electrons. The highest BCUT2D eigenvalue weighted by atomic mass is 19.3. The number of alkyl halides is 4. The van der Waals surface area contributed by atoms with Crippen molar-refractivity contribution >= 4 is 55.6 Å². The van der Waals surface area contributed by atoms with E-state index in [1.165, 1.54) is 24.3 Å². The van der Waals surface area contributed by atoms with E-state index < -0.39 is 23.7 Å². The fraction of sp³-hybridized carbons (Fsp3) is 0.0714. The minimum absolute atomic E-state index is 0.142. The normalized spacial score (nSPS) is 17.4. The van der Waals surface area contributed by atoms with Crippen LogP contribution in [0.1, 0.15) is 0 Å². The van der Waals surface area contributed by atoms with Gasteiger partial charge in [-0.3, -0.25) is 9.59 Å². The molecule has 36 heavy (non-hydrogen) atoms. The van der Waals surface area contributed by atoms with E-state index in [-0.39, 0.29) is 10.6 Å². The highest BCUT2D eigenvalue weighted by Gasteiger charge is 2.76. The van der Waals surface area contributed by atoms with Gasteiger partial charge in [0.2, 0.25) is 0 Å². The van der Waals surface area contributed by atoms with E-state index >= 15 is 0 Å². The summed E-state index contributed by atoms with van der Waals surface area (Å²) >= 11 is 0. The van der Waals surface area contributed by atoms with Crippen LogP contribution in [0.5, 0.6) is 0 Å². The molecule has 2 aromatic heterocycles. The fourth-order valence-corrected chi connectivity index (χ4v) is 5.30. The number of rotatable bonds is 2. The number of anilines is 1. The van der Waals surface area contributed by atoms with Gasteiger partial charge in [0, 0.05) is 21.5 Å². The van der Waals surface area contributed by atoms with Crippen LogP contribution in [0, 0.1) is 0 Å². The van der Waals surface area contributed by atoms with E-state index in [4.69, 9.17) is 0 Å². The van der Waals surface area contributed by atoms with Crippen LogP contribution in [0.4, 0.5) is 23.2 Å². The Bertz CT molecular complexity index is 1780. The number of hydrogen-bond donors (Lipinski definition) is 0. The number of fused-ring (bicyclic) bond motifs is 6. The summed E-state index contributed by atoms with van der Waals surface area (Å²) in [5.74, 6) is -14.6. The molecule has 0 saturated carbocycles. The van der Waals surface area contributed by atoms with E-state index in [2.05, 4.69) is 16.5 Å². The molecule has 4 aromatic carbocycles. The maximum atomic E-state index is 13.7. The van der Waals surface area contributed by atoms with Crippen molar-refractivity contribution in [2.75, 3.05) is 4.90 Å². The number of carbonyl (C=O) groups is 2. The van der Waals surface area contributed by atoms with Gasteiger partial charge in [-0.2, -0.15) is 17.6 Å². The molecule has 0 spiro atoms. The minimum atomic E-state index is -5.08. The van der Waals surface area contributed by atoms with Crippen molar-refractivity contribution in [3.63, 3.8) is 0 Å². The van der Waals surface area contributed by atoms with E-state index in [9.17, 15) is 27.2 Å². The van der Waals surface area contributed by atoms with E-state index in [1.54, 1.807) is 0 Å². The first-order valence-corrected chi connectivity index (χ1v) is 11.1. The number of imide groups is 1. The van der Waals surface area contributed by atoms with Gasteiger partial charge in [0.1, 0.15) is 0 Å². The second-order valence-electron chi connectivity index (χ2n) is 8.93. The molecule has 1 fully saturated rings. The fourth-order valence-electron chi connectivity index (χ4n) is 5.30. The number of aromatic nitrogens is 1. The molecule has 1 aliphatic heterocycles. The van der Waals surface area contributed by atoms with Gasteiger partial charge in [0.25, 0.3) is 0 Å². The van der Waals surface area contributed by atoms with Crippen molar-refractivity contribution in [3.8, 4) is 11.1 Å². The molecule has 8 heteroatoms. The van der Waals surface area contributed by atoms with Crippen LogP contribution in [-0.4, -0.2) is 28.1 Å². The van der Waals surface area contributed by atoms with Crippen LogP contribution in [-0.2, 0) is 9.59 Å². The molecule has 7 rings (SSSR count). The molecule has 0 aliphatic carbocycles. The summed E-state index contributed by atoms with van der Waals surface area (Å²) < 4.78 is 57.2. The number of benzene rings is 4. The van der Waals surface area contributed by atoms with Crippen LogP contribution in [0.25, 0.3) is 49.2 Å². The Morgan fingerprint density at radius 3 is 1.53 bits per heavy atom. The Labute approximate surface area is 200 Å². The van der Waals surface area contributed by atoms with Crippen LogP contribution in [0.2, 0.25) is 0 Å². The van der Waals surface area contributed by atoms with Gasteiger partial charge >= 0.3 is 23.7 Å². The second-order valence-corrected chi connectivity index (χ2v) is 8.93. The number of para-hydroxylation sites is 2. The molecular formula is C28H14F4N2O2. The maximum Gasteiger partial charge on any atom is 0.396 e. The van der Waals surface area contributed by atoms with Crippen LogP contribution < -0.4 is 4.90 Å². The SMILES string of the molecule is O=C1N(c2ccc(-c3cc4c5ccccc5n5c6ccccc6c(c3)c45)cc2)C(=O)C(F)(F)C1(F)F. The van der Waals surface area contributed by atoms with Gasteiger partial charge < -0.3 is 4.40 Å². The average Bonchev–Trinajstić information content (AvgIpc) is 3.43. The zero-order valence-electron chi connectivity index (χ0n) is 18.3. The van der Waals surface area contributed by atoms with Crippen LogP contribution in [0.3, 0.4) is 0 Å². The van der Waals surface area contributed by atoms with Crippen molar-refractivity contribution in [1.82, 2.24) is 4.40 Å². The van der Waals surface area contributed by atoms with Gasteiger partial charge in [-0.1, -0.05) is 48.5 Å². The lowest BCUT2D eigenvalue weighted by atomic mass is 9.99. The topological polar surface area (TPSA) is 41.8 Å². The lowest BCUT2D eigenvalue weighted by Gasteiger charge is -2.14. The van der Waals surface area contributed by atoms with E-state index in [0.29, 0.717) is 5.56 Å². The summed E-state index contributed by atoms with van der Waals surface area (Å²) in [7, 11) is 0. The largest absolute Gasteiger partial charge is 0.396 e. The first kappa shape index (κ1) is 20.9. The van der Waals surface area contributed by atoms with Crippen molar-refractivity contribution in [1.29, 1.82) is 0 Å². The minimum Gasteiger partial charge on any atom is -0.308 e. The third-order valence-corrected chi connectivity index (χ3v) is 7.00. The number of amides is 2. The molecule has 0 bridgehead atoms. The monoisotopic (exact) mass is 486 g/mol. The quantitative estimate of drug-likeness (QED) is 0.203. The number of nitrogens with zero attached hydrogens (tertiary/aromatic N) is 2. The molecule has 4 nitrogen and oxygen atoms in total. The standard InChI is InChI=1S/C28H14F4N2O2/c29-27(30)25(35)33(26(36)28(27,31)32)17-11-9-15(10-12-17)16-13-20-18-5-1-3-7-22(18)34-23-8-4-2-6-19(23)21(14-16)24(20)34/h1-14H. The highest BCUT2D eigenvalue weighted by molar-refractivity contribution is 6.27. The van der Waals surface area contributed by atoms with E-state index in [0.717, 1.165) is 43.7 Å². The molecule has 0 unspecified atom stereocenters. The van der Waals surface area contributed by atoms with Crippen molar-refractivity contribution in [3.05, 3.63) is 84.9 Å². The zero-order valence-corrected chi connectivity index (χ0v) is 18.3. The smallest absolute Gasteiger partial charge is 0.308 e. The molecule has 0 N–H and O–H groups in total. The molecule has 1 saturated heterocycles. The molecule has 3 heterocycles. The van der Waals surface area contributed by atoms with Gasteiger partial charge in [-0.25, -0.2) is 4.90 Å². The predicted octanol–water partition coefficient (Wildman–Crippen LogP) is 6.65. The van der Waals surface area contributed by atoms with Crippen LogP contribution in [0.15, 0.2) is 84.9 Å². The number of halogens is 4. The Hall–Kier alpha value is -4.46. The van der Waals surface area contributed by atoms with Gasteiger partial charge in [0.05, 0.1) is 22.2 Å². The van der Waals surface area contributed by atoms with Gasteiger partial charge in [-0.05, 0) is 47.5 Å². The third-order valence-electron chi connectivity index (χ3n) is 7.00. The number of carbonyl (C=O) groups excluding carboxylic acids is 2. The first-order valence-electron chi connectivity index (χ1n) is 11.1. The van der Waals surface area contributed by atoms with E-state index in [1.807, 2.05) is 48.5 Å². The van der Waals surface area contributed by atoms with Crippen LogP contribution >= 0.6 is 0 Å². The molecule has 1 aliphatic rings. The summed E-state index contributed by atoms with van der Waals surface area (Å²) in [4.78, 5) is 23.7. The molecule has 0 atom stereocenters. The maximum absolute atomic E-state index is 13.7. The number of hydrogen-bond acceptors (Lipinski definition) is 2. The van der Waals surface area contributed by atoms with Crippen molar-refractivity contribution < 1.29 is 27.2 Å². The lowest BCUT2D eigenvalue weighted by molar-refractivity contribution is -0.192. The Morgan fingerprint density at radius 2 is 1.03 bits per heavy atom. The van der Waals surface area contributed by atoms with Gasteiger partial charge in [0.15, 0.2) is 0 Å². The van der Waals surface area contributed by atoms with Crippen molar-refractivity contribution in [2.24, 2.45) is 0 Å². The average molecular weight is 486 g/mol. The summed E-state index contributed by atoms with van der Waals surface area (Å²) in [5.41, 5.74) is 4.38.